The summed E-state index contributed by atoms with van der Waals surface area (Å²) in [7, 11) is 0. The number of rotatable bonds is 3. The van der Waals surface area contributed by atoms with Gasteiger partial charge >= 0.3 is 0 Å². The number of nitrogens with one attached hydrogen (secondary N) is 1. The molecule has 6 heteroatoms. The van der Waals surface area contributed by atoms with Crippen molar-refractivity contribution in [3.05, 3.63) is 57.0 Å². The van der Waals surface area contributed by atoms with Gasteiger partial charge in [-0.05, 0) is 32.9 Å². The smallest absolute Gasteiger partial charge is 0.274 e. The summed E-state index contributed by atoms with van der Waals surface area (Å²) in [4.78, 5) is 22.5. The topological polar surface area (TPSA) is 85.4 Å². The molecule has 0 aliphatic rings. The third kappa shape index (κ3) is 2.54. The number of benzene rings is 1. The Labute approximate surface area is 115 Å². The first kappa shape index (κ1) is 13.8. The van der Waals surface area contributed by atoms with E-state index in [1.54, 1.807) is 32.9 Å². The van der Waals surface area contributed by atoms with Gasteiger partial charge in [0.2, 0.25) is 0 Å². The summed E-state index contributed by atoms with van der Waals surface area (Å²) in [6.45, 7) is 5.05. The molecule has 1 aromatic heterocycles. The Balaban J connectivity index is 2.31. The second-order valence-corrected chi connectivity index (χ2v) is 4.49. The summed E-state index contributed by atoms with van der Waals surface area (Å²) in [5, 5.41) is 13.5. The zero-order chi connectivity index (χ0) is 14.9. The number of amides is 1. The molecule has 0 radical (unpaired) electrons. The summed E-state index contributed by atoms with van der Waals surface area (Å²) in [6.07, 6.45) is 0. The molecule has 0 unspecified atom stereocenters. The van der Waals surface area contributed by atoms with Gasteiger partial charge in [0.15, 0.2) is 0 Å². The van der Waals surface area contributed by atoms with Crippen LogP contribution in [-0.2, 0) is 0 Å². The summed E-state index contributed by atoms with van der Waals surface area (Å²) in [6, 6.07) is 6.20. The van der Waals surface area contributed by atoms with Crippen LogP contribution in [0.3, 0.4) is 0 Å². The predicted molar refractivity (Wildman–Crippen MR) is 74.0 cm³/mol. The maximum atomic E-state index is 12.1. The van der Waals surface area contributed by atoms with Gasteiger partial charge in [0.25, 0.3) is 11.6 Å². The number of hydrogen-bond donors (Lipinski definition) is 1. The number of nitro benzene ring substituents is 1. The van der Waals surface area contributed by atoms with E-state index in [1.165, 1.54) is 12.1 Å². The Kier molecular flexibility index (Phi) is 3.56. The van der Waals surface area contributed by atoms with Crippen molar-refractivity contribution < 1.29 is 14.1 Å². The van der Waals surface area contributed by atoms with E-state index in [2.05, 4.69) is 5.32 Å². The second-order valence-electron chi connectivity index (χ2n) is 4.49. The van der Waals surface area contributed by atoms with Crippen LogP contribution in [0, 0.1) is 30.9 Å². The molecule has 0 saturated heterocycles. The fourth-order valence-electron chi connectivity index (χ4n) is 2.00. The number of anilines is 1. The van der Waals surface area contributed by atoms with Crippen molar-refractivity contribution in [1.29, 1.82) is 0 Å². The van der Waals surface area contributed by atoms with Crippen LogP contribution >= 0.6 is 0 Å². The van der Waals surface area contributed by atoms with Crippen molar-refractivity contribution in [2.24, 2.45) is 0 Å². The molecule has 1 N–H and O–H groups in total. The first-order valence-electron chi connectivity index (χ1n) is 6.02. The Bertz CT molecular complexity index is 688. The molecule has 1 amide bonds. The predicted octanol–water partition coefficient (Wildman–Crippen LogP) is 3.37. The third-order valence-corrected chi connectivity index (χ3v) is 3.04. The molecule has 0 atom stereocenters. The Hall–Kier alpha value is -2.63. The van der Waals surface area contributed by atoms with E-state index in [4.69, 9.17) is 4.42 Å². The zero-order valence-electron chi connectivity index (χ0n) is 11.4. The van der Waals surface area contributed by atoms with Crippen molar-refractivity contribution in [1.82, 2.24) is 0 Å². The minimum atomic E-state index is -0.474. The lowest BCUT2D eigenvalue weighted by molar-refractivity contribution is -0.385. The van der Waals surface area contributed by atoms with Crippen LogP contribution in [-0.4, -0.2) is 10.8 Å². The van der Waals surface area contributed by atoms with Crippen molar-refractivity contribution in [3.63, 3.8) is 0 Å². The highest BCUT2D eigenvalue weighted by Gasteiger charge is 2.18. The first-order chi connectivity index (χ1) is 9.40. The second kappa shape index (κ2) is 5.16. The largest absolute Gasteiger partial charge is 0.466 e. The molecule has 20 heavy (non-hydrogen) atoms. The third-order valence-electron chi connectivity index (χ3n) is 3.04. The lowest BCUT2D eigenvalue weighted by atomic mass is 10.1. The Morgan fingerprint density at radius 1 is 1.30 bits per heavy atom. The average molecular weight is 274 g/mol. The molecule has 0 aliphatic carbocycles. The van der Waals surface area contributed by atoms with E-state index >= 15 is 0 Å². The van der Waals surface area contributed by atoms with Gasteiger partial charge in [-0.3, -0.25) is 14.9 Å². The molecule has 0 bridgehead atoms. The number of carbonyl (C=O) groups excluding carboxylic acids is 1. The van der Waals surface area contributed by atoms with Gasteiger partial charge in [0, 0.05) is 6.07 Å². The van der Waals surface area contributed by atoms with Crippen molar-refractivity contribution in [2.45, 2.75) is 20.8 Å². The molecule has 1 heterocycles. The van der Waals surface area contributed by atoms with Gasteiger partial charge in [-0.1, -0.05) is 6.07 Å². The molecule has 0 saturated carbocycles. The lowest BCUT2D eigenvalue weighted by Crippen LogP contribution is -2.13. The molecule has 2 aromatic rings. The van der Waals surface area contributed by atoms with Crippen molar-refractivity contribution >= 4 is 17.3 Å². The number of furan rings is 1. The molecule has 2 rings (SSSR count). The molecular formula is C14H14N2O4. The molecule has 0 aliphatic heterocycles. The summed E-state index contributed by atoms with van der Waals surface area (Å²) >= 11 is 0. The summed E-state index contributed by atoms with van der Waals surface area (Å²) in [5.41, 5.74) is 1.24. The molecule has 0 spiro atoms. The maximum absolute atomic E-state index is 12.1. The van der Waals surface area contributed by atoms with Gasteiger partial charge in [0.1, 0.15) is 11.5 Å². The lowest BCUT2D eigenvalue weighted by Gasteiger charge is -2.07. The van der Waals surface area contributed by atoms with Crippen molar-refractivity contribution in [3.8, 4) is 0 Å². The van der Waals surface area contributed by atoms with E-state index in [-0.39, 0.29) is 11.6 Å². The Morgan fingerprint density at radius 3 is 2.55 bits per heavy atom. The highest BCUT2D eigenvalue weighted by atomic mass is 16.6. The highest BCUT2D eigenvalue weighted by Crippen LogP contribution is 2.26. The molecule has 6 nitrogen and oxygen atoms in total. The minimum Gasteiger partial charge on any atom is -0.466 e. The van der Waals surface area contributed by atoms with E-state index < -0.39 is 4.92 Å². The highest BCUT2D eigenvalue weighted by molar-refractivity contribution is 6.05. The normalized spacial score (nSPS) is 10.3. The van der Waals surface area contributed by atoms with Crippen LogP contribution in [0.15, 0.2) is 28.7 Å². The summed E-state index contributed by atoms with van der Waals surface area (Å²) in [5.74, 6) is 0.814. The van der Waals surface area contributed by atoms with Crippen LogP contribution in [0.2, 0.25) is 0 Å². The van der Waals surface area contributed by atoms with Crippen molar-refractivity contribution in [2.75, 3.05) is 5.32 Å². The fraction of sp³-hybridized carbons (Fsp3) is 0.214. The van der Waals surface area contributed by atoms with E-state index in [1.807, 2.05) is 0 Å². The molecule has 104 valence electrons. The number of aryl methyl sites for hydroxylation is 2. The molecular weight excluding hydrogens is 260 g/mol. The van der Waals surface area contributed by atoms with Crippen LogP contribution in [0.25, 0.3) is 0 Å². The van der Waals surface area contributed by atoms with Gasteiger partial charge in [0.05, 0.1) is 21.7 Å². The van der Waals surface area contributed by atoms with E-state index in [9.17, 15) is 14.9 Å². The van der Waals surface area contributed by atoms with Gasteiger partial charge < -0.3 is 9.73 Å². The Morgan fingerprint density at radius 2 is 2.00 bits per heavy atom. The number of carbonyl (C=O) groups is 1. The standard InChI is InChI=1S/C14H14N2O4/c1-8-7-11(10(3)20-8)14(17)15-12-5-4-6-13(9(12)2)16(18)19/h4-7H,1-3H3,(H,15,17). The van der Waals surface area contributed by atoms with Crippen LogP contribution < -0.4 is 5.32 Å². The first-order valence-corrected chi connectivity index (χ1v) is 6.02. The zero-order valence-corrected chi connectivity index (χ0v) is 11.4. The minimum absolute atomic E-state index is 0.0251. The maximum Gasteiger partial charge on any atom is 0.274 e. The SMILES string of the molecule is Cc1cc(C(=O)Nc2cccc([N+](=O)[O-])c2C)c(C)o1. The van der Waals surface area contributed by atoms with Gasteiger partial charge in [-0.25, -0.2) is 0 Å². The average Bonchev–Trinajstić information content (AvgIpc) is 2.70. The number of hydrogen-bond acceptors (Lipinski definition) is 4. The molecule has 1 aromatic carbocycles. The van der Waals surface area contributed by atoms with E-state index in [0.29, 0.717) is 28.3 Å². The number of nitrogens with zero attached hydrogens (tertiary/aromatic N) is 1. The summed E-state index contributed by atoms with van der Waals surface area (Å²) < 4.78 is 5.30. The van der Waals surface area contributed by atoms with Crippen LogP contribution in [0.1, 0.15) is 27.4 Å². The van der Waals surface area contributed by atoms with Gasteiger partial charge in [-0.15, -0.1) is 0 Å². The quantitative estimate of drug-likeness (QED) is 0.686. The molecule has 0 fully saturated rings. The van der Waals surface area contributed by atoms with Gasteiger partial charge in [-0.2, -0.15) is 0 Å². The van der Waals surface area contributed by atoms with Crippen LogP contribution in [0.5, 0.6) is 0 Å². The van der Waals surface area contributed by atoms with E-state index in [0.717, 1.165) is 0 Å². The monoisotopic (exact) mass is 274 g/mol. The fourth-order valence-corrected chi connectivity index (χ4v) is 2.00. The van der Waals surface area contributed by atoms with Crippen LogP contribution in [0.4, 0.5) is 11.4 Å². The number of nitro groups is 1.